The molecular formula is C23H19BrN4O2. The average molecular weight is 463 g/mol. The van der Waals surface area contributed by atoms with Gasteiger partial charge in [0.2, 0.25) is 5.82 Å². The number of benzene rings is 3. The van der Waals surface area contributed by atoms with Gasteiger partial charge >= 0.3 is 0 Å². The van der Waals surface area contributed by atoms with Crippen molar-refractivity contribution in [2.75, 3.05) is 12.4 Å². The van der Waals surface area contributed by atoms with Gasteiger partial charge in [0, 0.05) is 15.7 Å². The Morgan fingerprint density at radius 3 is 2.43 bits per heavy atom. The Morgan fingerprint density at radius 2 is 1.77 bits per heavy atom. The van der Waals surface area contributed by atoms with Crippen molar-refractivity contribution < 1.29 is 9.53 Å². The molecule has 0 saturated carbocycles. The highest BCUT2D eigenvalue weighted by Gasteiger charge is 2.19. The van der Waals surface area contributed by atoms with Gasteiger partial charge in [-0.2, -0.15) is 0 Å². The first-order valence-electron chi connectivity index (χ1n) is 9.29. The van der Waals surface area contributed by atoms with Crippen LogP contribution in [-0.2, 0) is 0 Å². The van der Waals surface area contributed by atoms with Gasteiger partial charge in [-0.15, -0.1) is 5.10 Å². The van der Waals surface area contributed by atoms with Crippen LogP contribution in [0.25, 0.3) is 17.1 Å². The van der Waals surface area contributed by atoms with Crippen molar-refractivity contribution in [3.63, 3.8) is 0 Å². The van der Waals surface area contributed by atoms with Gasteiger partial charge in [-0.05, 0) is 61.0 Å². The Hall–Kier alpha value is -3.45. The molecule has 3 aromatic carbocycles. The number of ether oxygens (including phenoxy) is 1. The highest BCUT2D eigenvalue weighted by Crippen LogP contribution is 2.24. The molecular weight excluding hydrogens is 444 g/mol. The first-order valence-corrected chi connectivity index (χ1v) is 10.1. The third-order valence-corrected chi connectivity index (χ3v) is 5.03. The van der Waals surface area contributed by atoms with E-state index in [1.165, 1.54) is 0 Å². The number of nitrogens with zero attached hydrogens (tertiary/aromatic N) is 3. The van der Waals surface area contributed by atoms with E-state index in [1.54, 1.807) is 11.8 Å². The SMILES string of the molecule is COc1ccc(-n2nc(C(=O)Nc3cccc(C)c3)nc2-c2ccc(Br)cc2)cc1. The summed E-state index contributed by atoms with van der Waals surface area (Å²) in [6.07, 6.45) is 0. The predicted octanol–water partition coefficient (Wildman–Crippen LogP) is 5.27. The zero-order chi connectivity index (χ0) is 21.1. The van der Waals surface area contributed by atoms with Crippen LogP contribution in [0.2, 0.25) is 0 Å². The predicted molar refractivity (Wildman–Crippen MR) is 120 cm³/mol. The van der Waals surface area contributed by atoms with Crippen molar-refractivity contribution in [1.82, 2.24) is 14.8 Å². The lowest BCUT2D eigenvalue weighted by molar-refractivity contribution is 0.101. The van der Waals surface area contributed by atoms with E-state index in [9.17, 15) is 4.79 Å². The second-order valence-corrected chi connectivity index (χ2v) is 7.62. The Kier molecular flexibility index (Phi) is 5.63. The monoisotopic (exact) mass is 462 g/mol. The molecule has 6 nitrogen and oxygen atoms in total. The number of anilines is 1. The van der Waals surface area contributed by atoms with E-state index in [-0.39, 0.29) is 11.7 Å². The van der Waals surface area contributed by atoms with Crippen molar-refractivity contribution in [1.29, 1.82) is 0 Å². The minimum Gasteiger partial charge on any atom is -0.497 e. The first-order chi connectivity index (χ1) is 14.5. The molecule has 0 bridgehead atoms. The van der Waals surface area contributed by atoms with Gasteiger partial charge in [0.15, 0.2) is 5.82 Å². The number of aromatic nitrogens is 3. The normalized spacial score (nSPS) is 10.6. The third-order valence-electron chi connectivity index (χ3n) is 4.51. The van der Waals surface area contributed by atoms with E-state index in [1.807, 2.05) is 79.7 Å². The van der Waals surface area contributed by atoms with E-state index in [4.69, 9.17) is 4.74 Å². The van der Waals surface area contributed by atoms with E-state index < -0.39 is 0 Å². The van der Waals surface area contributed by atoms with Crippen LogP contribution in [-0.4, -0.2) is 27.8 Å². The third kappa shape index (κ3) is 4.26. The van der Waals surface area contributed by atoms with Crippen LogP contribution in [0.4, 0.5) is 5.69 Å². The lowest BCUT2D eigenvalue weighted by atomic mass is 10.2. The molecule has 0 aliphatic heterocycles. The fourth-order valence-electron chi connectivity index (χ4n) is 3.01. The zero-order valence-electron chi connectivity index (χ0n) is 16.5. The minimum atomic E-state index is -0.369. The average Bonchev–Trinajstić information content (AvgIpc) is 3.20. The lowest BCUT2D eigenvalue weighted by Gasteiger charge is -2.07. The molecule has 7 heteroatoms. The summed E-state index contributed by atoms with van der Waals surface area (Å²) in [5, 5.41) is 7.36. The Labute approximate surface area is 182 Å². The van der Waals surface area contributed by atoms with Gasteiger partial charge in [-0.3, -0.25) is 4.79 Å². The number of aryl methyl sites for hydroxylation is 1. The standard InChI is InChI=1S/C23H19BrN4O2/c1-15-4-3-5-18(14-15)25-23(29)21-26-22(16-6-8-17(24)9-7-16)28(27-21)19-10-12-20(30-2)13-11-19/h3-14H,1-2H3,(H,25,29). The van der Waals surface area contributed by atoms with Crippen LogP contribution in [0.5, 0.6) is 5.75 Å². The van der Waals surface area contributed by atoms with Gasteiger partial charge in [-0.1, -0.05) is 40.2 Å². The summed E-state index contributed by atoms with van der Waals surface area (Å²) in [6, 6.07) is 22.7. The van der Waals surface area contributed by atoms with Gasteiger partial charge in [0.25, 0.3) is 5.91 Å². The maximum Gasteiger partial charge on any atom is 0.295 e. The number of halogens is 1. The molecule has 0 aliphatic carbocycles. The molecule has 150 valence electrons. The summed E-state index contributed by atoms with van der Waals surface area (Å²) in [6.45, 7) is 1.97. The molecule has 0 radical (unpaired) electrons. The number of hydrogen-bond acceptors (Lipinski definition) is 4. The van der Waals surface area contributed by atoms with Crippen molar-refractivity contribution in [2.45, 2.75) is 6.92 Å². The van der Waals surface area contributed by atoms with Crippen molar-refractivity contribution in [2.24, 2.45) is 0 Å². The van der Waals surface area contributed by atoms with Crippen LogP contribution in [0.15, 0.2) is 77.3 Å². The highest BCUT2D eigenvalue weighted by atomic mass is 79.9. The summed E-state index contributed by atoms with van der Waals surface area (Å²) in [5.74, 6) is 1.03. The number of carbonyl (C=O) groups is 1. The van der Waals surface area contributed by atoms with E-state index >= 15 is 0 Å². The summed E-state index contributed by atoms with van der Waals surface area (Å²) >= 11 is 3.45. The summed E-state index contributed by atoms with van der Waals surface area (Å²) in [7, 11) is 1.62. The molecule has 30 heavy (non-hydrogen) atoms. The number of rotatable bonds is 5. The number of methoxy groups -OCH3 is 1. The molecule has 4 aromatic rings. The molecule has 0 atom stereocenters. The van der Waals surface area contributed by atoms with Crippen LogP contribution < -0.4 is 10.1 Å². The number of nitrogens with one attached hydrogen (secondary N) is 1. The van der Waals surface area contributed by atoms with E-state index in [0.29, 0.717) is 11.5 Å². The molecule has 1 N–H and O–H groups in total. The van der Waals surface area contributed by atoms with E-state index in [0.717, 1.165) is 27.0 Å². The molecule has 0 aliphatic rings. The van der Waals surface area contributed by atoms with Gasteiger partial charge in [0.05, 0.1) is 12.8 Å². The summed E-state index contributed by atoms with van der Waals surface area (Å²) in [5.41, 5.74) is 3.37. The number of carbonyl (C=O) groups excluding carboxylic acids is 1. The number of hydrogen-bond donors (Lipinski definition) is 1. The van der Waals surface area contributed by atoms with Gasteiger partial charge in [-0.25, -0.2) is 9.67 Å². The summed E-state index contributed by atoms with van der Waals surface area (Å²) < 4.78 is 7.86. The minimum absolute atomic E-state index is 0.0882. The van der Waals surface area contributed by atoms with Crippen LogP contribution in [0.3, 0.4) is 0 Å². The van der Waals surface area contributed by atoms with Crippen LogP contribution in [0, 0.1) is 6.92 Å². The quantitative estimate of drug-likeness (QED) is 0.438. The molecule has 1 amide bonds. The van der Waals surface area contributed by atoms with Gasteiger partial charge < -0.3 is 10.1 Å². The number of amides is 1. The molecule has 0 saturated heterocycles. The fraction of sp³-hybridized carbons (Fsp3) is 0.0870. The fourth-order valence-corrected chi connectivity index (χ4v) is 3.27. The molecule has 0 fully saturated rings. The highest BCUT2D eigenvalue weighted by molar-refractivity contribution is 9.10. The van der Waals surface area contributed by atoms with Crippen molar-refractivity contribution >= 4 is 27.5 Å². The lowest BCUT2D eigenvalue weighted by Crippen LogP contribution is -2.14. The smallest absolute Gasteiger partial charge is 0.295 e. The summed E-state index contributed by atoms with van der Waals surface area (Å²) in [4.78, 5) is 17.4. The van der Waals surface area contributed by atoms with E-state index in [2.05, 4.69) is 31.3 Å². The Morgan fingerprint density at radius 1 is 1.03 bits per heavy atom. The topological polar surface area (TPSA) is 69.0 Å². The van der Waals surface area contributed by atoms with Crippen molar-refractivity contribution in [3.8, 4) is 22.8 Å². The Balaban J connectivity index is 1.74. The molecule has 0 spiro atoms. The zero-order valence-corrected chi connectivity index (χ0v) is 18.1. The van der Waals surface area contributed by atoms with Gasteiger partial charge in [0.1, 0.15) is 5.75 Å². The van der Waals surface area contributed by atoms with Crippen LogP contribution in [0.1, 0.15) is 16.2 Å². The second kappa shape index (κ2) is 8.51. The maximum atomic E-state index is 12.8. The largest absolute Gasteiger partial charge is 0.497 e. The Bertz CT molecular complexity index is 1180. The second-order valence-electron chi connectivity index (χ2n) is 6.70. The first kappa shape index (κ1) is 19.8. The molecule has 4 rings (SSSR count). The molecule has 1 aromatic heterocycles. The molecule has 0 unspecified atom stereocenters. The molecule has 1 heterocycles. The maximum absolute atomic E-state index is 12.8. The van der Waals surface area contributed by atoms with Crippen LogP contribution >= 0.6 is 15.9 Å². The van der Waals surface area contributed by atoms with Crippen molar-refractivity contribution in [3.05, 3.63) is 88.7 Å².